The number of carbonyl (C=O) groups is 1. The Morgan fingerprint density at radius 1 is 1.39 bits per heavy atom. The molecule has 0 unspecified atom stereocenters. The third-order valence-electron chi connectivity index (χ3n) is 4.05. The quantitative estimate of drug-likeness (QED) is 0.814. The van der Waals surface area contributed by atoms with E-state index in [0.29, 0.717) is 32.0 Å². The normalized spacial score (nSPS) is 20.6. The highest BCUT2D eigenvalue weighted by Crippen LogP contribution is 2.19. The van der Waals surface area contributed by atoms with Crippen LogP contribution in [0.5, 0.6) is 0 Å². The molecule has 1 aliphatic rings. The molecule has 1 saturated heterocycles. The van der Waals surface area contributed by atoms with Gasteiger partial charge < -0.3 is 10.1 Å². The number of hydrogen-bond acceptors (Lipinski definition) is 6. The monoisotopic (exact) mass is 316 g/mol. The number of aromatic nitrogens is 5. The van der Waals surface area contributed by atoms with E-state index in [1.165, 1.54) is 5.56 Å². The van der Waals surface area contributed by atoms with E-state index in [-0.39, 0.29) is 17.9 Å². The Kier molecular flexibility index (Phi) is 4.92. The first-order valence-electron chi connectivity index (χ1n) is 7.71. The van der Waals surface area contributed by atoms with Crippen molar-refractivity contribution in [2.45, 2.75) is 32.4 Å². The summed E-state index contributed by atoms with van der Waals surface area (Å²) >= 11 is 0. The van der Waals surface area contributed by atoms with Gasteiger partial charge in [0, 0.05) is 24.7 Å². The van der Waals surface area contributed by atoms with Gasteiger partial charge in [-0.1, -0.05) is 0 Å². The van der Waals surface area contributed by atoms with Gasteiger partial charge in [-0.15, -0.1) is 5.10 Å². The van der Waals surface area contributed by atoms with Gasteiger partial charge in [-0.25, -0.2) is 4.68 Å². The van der Waals surface area contributed by atoms with Gasteiger partial charge in [0.05, 0.1) is 25.8 Å². The molecule has 1 aliphatic heterocycles. The van der Waals surface area contributed by atoms with Crippen LogP contribution in [0.2, 0.25) is 0 Å². The molecule has 0 spiro atoms. The van der Waals surface area contributed by atoms with Crippen molar-refractivity contribution in [2.24, 2.45) is 5.92 Å². The van der Waals surface area contributed by atoms with E-state index < -0.39 is 0 Å². The van der Waals surface area contributed by atoms with E-state index in [4.69, 9.17) is 4.74 Å². The lowest BCUT2D eigenvalue weighted by atomic mass is 9.95. The summed E-state index contributed by atoms with van der Waals surface area (Å²) in [4.78, 5) is 16.2. The van der Waals surface area contributed by atoms with Gasteiger partial charge in [0.1, 0.15) is 5.82 Å². The molecular formula is C15H20N6O2. The smallest absolute Gasteiger partial charge is 0.222 e. The number of carbonyl (C=O) groups excluding carboxylic acids is 1. The topological polar surface area (TPSA) is 94.8 Å². The van der Waals surface area contributed by atoms with Crippen LogP contribution >= 0.6 is 0 Å². The fourth-order valence-corrected chi connectivity index (χ4v) is 2.72. The van der Waals surface area contributed by atoms with E-state index in [2.05, 4.69) is 25.8 Å². The zero-order chi connectivity index (χ0) is 16.1. The fourth-order valence-electron chi connectivity index (χ4n) is 2.72. The van der Waals surface area contributed by atoms with Crippen molar-refractivity contribution in [2.75, 3.05) is 13.2 Å². The number of aryl methyl sites for hydroxylation is 2. The summed E-state index contributed by atoms with van der Waals surface area (Å²) in [5, 5.41) is 14.3. The van der Waals surface area contributed by atoms with Gasteiger partial charge in [-0.3, -0.25) is 9.78 Å². The van der Waals surface area contributed by atoms with E-state index in [1.807, 2.05) is 19.1 Å². The van der Waals surface area contributed by atoms with Gasteiger partial charge in [0.2, 0.25) is 5.91 Å². The van der Waals surface area contributed by atoms with Gasteiger partial charge in [0.15, 0.2) is 0 Å². The molecular weight excluding hydrogens is 296 g/mol. The first-order valence-corrected chi connectivity index (χ1v) is 7.71. The zero-order valence-electron chi connectivity index (χ0n) is 13.1. The van der Waals surface area contributed by atoms with Gasteiger partial charge in [0.25, 0.3) is 0 Å². The largest absolute Gasteiger partial charge is 0.379 e. The van der Waals surface area contributed by atoms with Crippen molar-refractivity contribution in [3.8, 4) is 0 Å². The average molecular weight is 316 g/mol. The second kappa shape index (κ2) is 7.28. The standard InChI is InChI=1S/C15H20N6O2/c1-11-18-19-20-21(11)7-4-15(22)17-14-10-23-9-13(14)8-12-2-5-16-6-3-12/h2-3,5-6,13-14H,4,7-10H2,1H3,(H,17,22)/t13-,14-/m1/s1. The minimum atomic E-state index is -0.00451. The maximum Gasteiger partial charge on any atom is 0.222 e. The second-order valence-corrected chi connectivity index (χ2v) is 5.73. The van der Waals surface area contributed by atoms with Crippen molar-refractivity contribution in [1.82, 2.24) is 30.5 Å². The van der Waals surface area contributed by atoms with Crippen molar-refractivity contribution < 1.29 is 9.53 Å². The van der Waals surface area contributed by atoms with Gasteiger partial charge >= 0.3 is 0 Å². The van der Waals surface area contributed by atoms with Crippen LogP contribution < -0.4 is 5.32 Å². The number of tetrazole rings is 1. The number of rotatable bonds is 6. The minimum absolute atomic E-state index is 0.00451. The van der Waals surface area contributed by atoms with Crippen molar-refractivity contribution in [3.63, 3.8) is 0 Å². The highest BCUT2D eigenvalue weighted by molar-refractivity contribution is 5.76. The number of amides is 1. The van der Waals surface area contributed by atoms with Crippen molar-refractivity contribution in [3.05, 3.63) is 35.9 Å². The van der Waals surface area contributed by atoms with Crippen LogP contribution in [0, 0.1) is 12.8 Å². The number of pyridine rings is 1. The molecule has 0 radical (unpaired) electrons. The minimum Gasteiger partial charge on any atom is -0.379 e. The van der Waals surface area contributed by atoms with Crippen LogP contribution in [0.25, 0.3) is 0 Å². The SMILES string of the molecule is Cc1nnnn1CCC(=O)N[C@@H]1COC[C@H]1Cc1ccncc1. The summed E-state index contributed by atoms with van der Waals surface area (Å²) in [5.41, 5.74) is 1.21. The molecule has 122 valence electrons. The summed E-state index contributed by atoms with van der Waals surface area (Å²) in [5.74, 6) is 0.990. The highest BCUT2D eigenvalue weighted by atomic mass is 16.5. The molecule has 2 aromatic rings. The summed E-state index contributed by atoms with van der Waals surface area (Å²) < 4.78 is 7.17. The van der Waals surface area contributed by atoms with E-state index >= 15 is 0 Å². The Balaban J connectivity index is 1.50. The molecule has 1 fully saturated rings. The summed E-state index contributed by atoms with van der Waals surface area (Å²) in [6, 6.07) is 4.04. The molecule has 0 aromatic carbocycles. The zero-order valence-corrected chi connectivity index (χ0v) is 13.1. The number of hydrogen-bond donors (Lipinski definition) is 1. The molecule has 3 rings (SSSR count). The molecule has 3 heterocycles. The molecule has 0 saturated carbocycles. The van der Waals surface area contributed by atoms with E-state index in [9.17, 15) is 4.79 Å². The summed E-state index contributed by atoms with van der Waals surface area (Å²) in [6.45, 7) is 3.52. The van der Waals surface area contributed by atoms with Crippen LogP contribution in [-0.2, 0) is 22.5 Å². The van der Waals surface area contributed by atoms with Crippen LogP contribution in [0.3, 0.4) is 0 Å². The highest BCUT2D eigenvalue weighted by Gasteiger charge is 2.29. The Hall–Kier alpha value is -2.35. The van der Waals surface area contributed by atoms with Crippen molar-refractivity contribution in [1.29, 1.82) is 0 Å². The number of nitrogens with zero attached hydrogens (tertiary/aromatic N) is 5. The predicted molar refractivity (Wildman–Crippen MR) is 81.4 cm³/mol. The fraction of sp³-hybridized carbons (Fsp3) is 0.533. The molecule has 0 bridgehead atoms. The Morgan fingerprint density at radius 3 is 2.96 bits per heavy atom. The summed E-state index contributed by atoms with van der Waals surface area (Å²) in [6.07, 6.45) is 4.80. The molecule has 8 nitrogen and oxygen atoms in total. The van der Waals surface area contributed by atoms with Gasteiger partial charge in [-0.05, 0) is 41.5 Å². The van der Waals surface area contributed by atoms with Crippen LogP contribution in [0.4, 0.5) is 0 Å². The molecule has 1 amide bonds. The molecule has 2 aromatic heterocycles. The van der Waals surface area contributed by atoms with E-state index in [1.54, 1.807) is 17.1 Å². The number of ether oxygens (including phenoxy) is 1. The Bertz CT molecular complexity index is 644. The molecule has 8 heteroatoms. The molecule has 23 heavy (non-hydrogen) atoms. The Morgan fingerprint density at radius 2 is 2.22 bits per heavy atom. The lowest BCUT2D eigenvalue weighted by Gasteiger charge is -2.19. The van der Waals surface area contributed by atoms with Crippen LogP contribution in [0.1, 0.15) is 17.8 Å². The van der Waals surface area contributed by atoms with Gasteiger partial charge in [-0.2, -0.15) is 0 Å². The first-order chi connectivity index (χ1) is 11.2. The van der Waals surface area contributed by atoms with Crippen LogP contribution in [0.15, 0.2) is 24.5 Å². The lowest BCUT2D eigenvalue weighted by Crippen LogP contribution is -2.41. The lowest BCUT2D eigenvalue weighted by molar-refractivity contribution is -0.122. The molecule has 2 atom stereocenters. The third-order valence-corrected chi connectivity index (χ3v) is 4.05. The maximum absolute atomic E-state index is 12.1. The Labute approximate surface area is 134 Å². The van der Waals surface area contributed by atoms with E-state index in [0.717, 1.165) is 6.42 Å². The predicted octanol–water partition coefficient (Wildman–Crippen LogP) is 0.141. The first kappa shape index (κ1) is 15.5. The molecule has 0 aliphatic carbocycles. The number of nitrogens with one attached hydrogen (secondary N) is 1. The second-order valence-electron chi connectivity index (χ2n) is 5.73. The third kappa shape index (κ3) is 4.10. The molecule has 1 N–H and O–H groups in total. The summed E-state index contributed by atoms with van der Waals surface area (Å²) in [7, 11) is 0. The van der Waals surface area contributed by atoms with Crippen LogP contribution in [-0.4, -0.2) is 50.4 Å². The average Bonchev–Trinajstić information content (AvgIpc) is 3.16. The van der Waals surface area contributed by atoms with Crippen molar-refractivity contribution >= 4 is 5.91 Å². The maximum atomic E-state index is 12.1.